The number of allylic oxidation sites excluding steroid dienone is 1. The van der Waals surface area contributed by atoms with Crippen LogP contribution in [-0.4, -0.2) is 31.4 Å². The van der Waals surface area contributed by atoms with Gasteiger partial charge in [0.05, 0.1) is 11.4 Å². The third-order valence-electron chi connectivity index (χ3n) is 8.43. The lowest BCUT2D eigenvalue weighted by atomic mass is 9.70. The van der Waals surface area contributed by atoms with Crippen LogP contribution in [0.3, 0.4) is 0 Å². The molecule has 4 aliphatic rings. The number of fused-ring (bicyclic) bond motifs is 4. The fraction of sp³-hybridized carbons (Fsp3) is 0.609. The van der Waals surface area contributed by atoms with Crippen molar-refractivity contribution in [1.29, 1.82) is 0 Å². The molecule has 0 amide bonds. The monoisotopic (exact) mass is 382 g/mol. The van der Waals surface area contributed by atoms with Gasteiger partial charge < -0.3 is 19.7 Å². The van der Waals surface area contributed by atoms with E-state index in [1.165, 1.54) is 6.42 Å². The van der Waals surface area contributed by atoms with Crippen LogP contribution in [0.25, 0.3) is 0 Å². The Morgan fingerprint density at radius 3 is 2.71 bits per heavy atom. The van der Waals surface area contributed by atoms with E-state index >= 15 is 0 Å². The molecule has 2 bridgehead atoms. The SMILES string of the molecule is CC1=C(C(=O)O[C@@H]2C[C@@H]3CC[C@]2(C)C3(C)C)[C@H]2Nc3ccccc3N(C)[C@H]2O1. The van der Waals surface area contributed by atoms with Gasteiger partial charge in [-0.2, -0.15) is 0 Å². The van der Waals surface area contributed by atoms with E-state index in [9.17, 15) is 4.79 Å². The molecule has 0 spiro atoms. The summed E-state index contributed by atoms with van der Waals surface area (Å²) < 4.78 is 12.3. The van der Waals surface area contributed by atoms with Crippen molar-refractivity contribution in [2.45, 2.75) is 65.3 Å². The van der Waals surface area contributed by atoms with Gasteiger partial charge in [0.2, 0.25) is 0 Å². The van der Waals surface area contributed by atoms with Gasteiger partial charge in [-0.05, 0) is 49.7 Å². The number of benzene rings is 1. The molecule has 5 nitrogen and oxygen atoms in total. The Kier molecular flexibility index (Phi) is 3.63. The van der Waals surface area contributed by atoms with E-state index in [1.807, 2.05) is 32.2 Å². The van der Waals surface area contributed by atoms with Gasteiger partial charge in [0.1, 0.15) is 23.5 Å². The van der Waals surface area contributed by atoms with Crippen LogP contribution >= 0.6 is 0 Å². The summed E-state index contributed by atoms with van der Waals surface area (Å²) in [6.07, 6.45) is 3.12. The highest BCUT2D eigenvalue weighted by atomic mass is 16.6. The summed E-state index contributed by atoms with van der Waals surface area (Å²) in [5.41, 5.74) is 3.01. The molecule has 0 unspecified atom stereocenters. The number of carbonyl (C=O) groups excluding carboxylic acids is 1. The van der Waals surface area contributed by atoms with Gasteiger partial charge in [-0.1, -0.05) is 32.9 Å². The average molecular weight is 383 g/mol. The number of hydrogen-bond acceptors (Lipinski definition) is 5. The number of para-hydroxylation sites is 2. The molecule has 1 aromatic rings. The molecule has 0 saturated heterocycles. The van der Waals surface area contributed by atoms with E-state index in [0.29, 0.717) is 17.3 Å². The van der Waals surface area contributed by atoms with Gasteiger partial charge >= 0.3 is 5.97 Å². The number of hydrogen-bond donors (Lipinski definition) is 1. The molecular weight excluding hydrogens is 352 g/mol. The number of anilines is 2. The van der Waals surface area contributed by atoms with Crippen molar-refractivity contribution < 1.29 is 14.3 Å². The van der Waals surface area contributed by atoms with Crippen molar-refractivity contribution in [1.82, 2.24) is 0 Å². The number of nitrogens with zero attached hydrogens (tertiary/aromatic N) is 1. The van der Waals surface area contributed by atoms with Crippen LogP contribution in [0.15, 0.2) is 35.6 Å². The molecule has 150 valence electrons. The van der Waals surface area contributed by atoms with Gasteiger partial charge in [-0.15, -0.1) is 0 Å². The number of esters is 1. The topological polar surface area (TPSA) is 50.8 Å². The molecule has 5 atom stereocenters. The maximum Gasteiger partial charge on any atom is 0.340 e. The number of likely N-dealkylation sites (N-methyl/N-ethyl adjacent to an activating group) is 1. The van der Waals surface area contributed by atoms with Crippen molar-refractivity contribution in [2.24, 2.45) is 16.7 Å². The Bertz CT molecular complexity index is 876. The van der Waals surface area contributed by atoms with E-state index in [-0.39, 0.29) is 35.2 Å². The first-order valence-corrected chi connectivity index (χ1v) is 10.4. The van der Waals surface area contributed by atoms with Crippen LogP contribution in [0.2, 0.25) is 0 Å². The Morgan fingerprint density at radius 1 is 1.29 bits per heavy atom. The zero-order valence-corrected chi connectivity index (χ0v) is 17.4. The molecule has 2 aliphatic carbocycles. The van der Waals surface area contributed by atoms with Gasteiger partial charge in [0.25, 0.3) is 0 Å². The number of nitrogens with one attached hydrogen (secondary N) is 1. The van der Waals surface area contributed by atoms with Crippen molar-refractivity contribution in [2.75, 3.05) is 17.3 Å². The standard InChI is InChI=1S/C23H30N2O3/c1-13-18(19-20(27-13)25(5)16-9-7-6-8-15(16)24-19)21(26)28-17-12-14-10-11-23(17,4)22(14,2)3/h6-9,14,17,19-20,24H,10-12H2,1-5H3/t14-,17+,19+,20-,23-/m0/s1. The molecule has 2 fully saturated rings. The summed E-state index contributed by atoms with van der Waals surface area (Å²) >= 11 is 0. The second-order valence-electron chi connectivity index (χ2n) is 9.73. The lowest BCUT2D eigenvalue weighted by Crippen LogP contribution is -2.49. The minimum absolute atomic E-state index is 0.0123. The Hall–Kier alpha value is -2.17. The van der Waals surface area contributed by atoms with Crippen LogP contribution in [0, 0.1) is 16.7 Å². The molecule has 0 aromatic heterocycles. The highest BCUT2D eigenvalue weighted by Crippen LogP contribution is 2.66. The summed E-state index contributed by atoms with van der Waals surface area (Å²) in [5.74, 6) is 1.09. The zero-order valence-electron chi connectivity index (χ0n) is 17.4. The second kappa shape index (κ2) is 5.68. The first-order chi connectivity index (χ1) is 13.2. The average Bonchev–Trinajstić information content (AvgIpc) is 3.16. The minimum atomic E-state index is -0.232. The smallest absolute Gasteiger partial charge is 0.340 e. The van der Waals surface area contributed by atoms with Crippen molar-refractivity contribution >= 4 is 17.3 Å². The van der Waals surface area contributed by atoms with E-state index in [4.69, 9.17) is 9.47 Å². The van der Waals surface area contributed by atoms with Gasteiger partial charge in [-0.25, -0.2) is 4.79 Å². The fourth-order valence-electron chi connectivity index (χ4n) is 6.10. The largest absolute Gasteiger partial charge is 0.472 e. The molecule has 28 heavy (non-hydrogen) atoms. The molecular formula is C23H30N2O3. The molecule has 2 saturated carbocycles. The third kappa shape index (κ3) is 2.16. The highest BCUT2D eigenvalue weighted by molar-refractivity contribution is 5.93. The van der Waals surface area contributed by atoms with Crippen molar-refractivity contribution in [3.8, 4) is 0 Å². The van der Waals surface area contributed by atoms with Crippen LogP contribution < -0.4 is 10.2 Å². The third-order valence-corrected chi connectivity index (χ3v) is 8.43. The number of ether oxygens (including phenoxy) is 2. The van der Waals surface area contributed by atoms with E-state index in [0.717, 1.165) is 24.2 Å². The van der Waals surface area contributed by atoms with Crippen molar-refractivity contribution in [3.63, 3.8) is 0 Å². The Labute approximate surface area is 167 Å². The lowest BCUT2D eigenvalue weighted by molar-refractivity contribution is -0.152. The molecule has 0 radical (unpaired) electrons. The molecule has 1 aromatic carbocycles. The quantitative estimate of drug-likeness (QED) is 0.773. The molecule has 5 heteroatoms. The number of carbonyl (C=O) groups is 1. The summed E-state index contributed by atoms with van der Waals surface area (Å²) in [7, 11) is 2.01. The Balaban J connectivity index is 1.40. The van der Waals surface area contributed by atoms with Gasteiger partial charge in [-0.3, -0.25) is 0 Å². The normalized spacial score (nSPS) is 37.2. The number of rotatable bonds is 2. The first-order valence-electron chi connectivity index (χ1n) is 10.4. The maximum atomic E-state index is 13.3. The minimum Gasteiger partial charge on any atom is -0.472 e. The molecule has 1 N–H and O–H groups in total. The summed E-state index contributed by atoms with van der Waals surface area (Å²) in [6, 6.07) is 7.90. The summed E-state index contributed by atoms with van der Waals surface area (Å²) in [6.45, 7) is 8.86. The maximum absolute atomic E-state index is 13.3. The predicted octanol–water partition coefficient (Wildman–Crippen LogP) is 4.31. The second-order valence-corrected chi connectivity index (χ2v) is 9.73. The molecule has 2 heterocycles. The van der Waals surface area contributed by atoms with Gasteiger partial charge in [0, 0.05) is 12.5 Å². The predicted molar refractivity (Wildman–Crippen MR) is 109 cm³/mol. The fourth-order valence-corrected chi connectivity index (χ4v) is 6.10. The van der Waals surface area contributed by atoms with E-state index < -0.39 is 0 Å². The van der Waals surface area contributed by atoms with E-state index in [2.05, 4.69) is 37.1 Å². The van der Waals surface area contributed by atoms with Crippen LogP contribution in [-0.2, 0) is 14.3 Å². The molecule has 2 aliphatic heterocycles. The first kappa shape index (κ1) is 17.9. The summed E-state index contributed by atoms with van der Waals surface area (Å²) in [4.78, 5) is 15.4. The van der Waals surface area contributed by atoms with Crippen LogP contribution in [0.1, 0.15) is 47.0 Å². The van der Waals surface area contributed by atoms with Crippen molar-refractivity contribution in [3.05, 3.63) is 35.6 Å². The lowest BCUT2D eigenvalue weighted by Gasteiger charge is -2.39. The summed E-state index contributed by atoms with van der Waals surface area (Å²) in [5, 5.41) is 3.51. The van der Waals surface area contributed by atoms with Gasteiger partial charge in [0.15, 0.2) is 6.23 Å². The Morgan fingerprint density at radius 2 is 2.04 bits per heavy atom. The van der Waals surface area contributed by atoms with E-state index in [1.54, 1.807) is 0 Å². The van der Waals surface area contributed by atoms with Crippen LogP contribution in [0.4, 0.5) is 11.4 Å². The highest BCUT2D eigenvalue weighted by Gasteiger charge is 2.63. The van der Waals surface area contributed by atoms with Crippen LogP contribution in [0.5, 0.6) is 0 Å². The zero-order chi connectivity index (χ0) is 19.8. The molecule has 5 rings (SSSR count).